The molecule has 1 atom stereocenters. The first kappa shape index (κ1) is 24.6. The van der Waals surface area contributed by atoms with E-state index in [9.17, 15) is 14.4 Å². The zero-order valence-electron chi connectivity index (χ0n) is 17.8. The molecule has 0 aliphatic carbocycles. The Kier molecular flexibility index (Phi) is 8.38. The maximum Gasteiger partial charge on any atom is 0.257 e. The van der Waals surface area contributed by atoms with Crippen molar-refractivity contribution in [1.82, 2.24) is 0 Å². The molecule has 0 radical (unpaired) electrons. The number of benzene rings is 3. The molecular formula is C24H21Cl2N3O3S. The van der Waals surface area contributed by atoms with Gasteiger partial charge in [-0.3, -0.25) is 14.4 Å². The molecule has 3 N–H and O–H groups in total. The Morgan fingerprint density at radius 1 is 0.818 bits per heavy atom. The number of thioether (sulfide) groups is 1. The number of carbonyl (C=O) groups is 3. The van der Waals surface area contributed by atoms with Crippen molar-refractivity contribution in [2.45, 2.75) is 24.0 Å². The Balaban J connectivity index is 1.60. The highest BCUT2D eigenvalue weighted by Crippen LogP contribution is 2.28. The molecular weight excluding hydrogens is 481 g/mol. The zero-order chi connectivity index (χ0) is 24.0. The molecule has 6 nitrogen and oxygen atoms in total. The summed E-state index contributed by atoms with van der Waals surface area (Å²) in [4.78, 5) is 37.1. The molecule has 3 aromatic rings. The molecule has 0 spiro atoms. The third-order valence-electron chi connectivity index (χ3n) is 4.42. The largest absolute Gasteiger partial charge is 0.326 e. The summed E-state index contributed by atoms with van der Waals surface area (Å²) in [7, 11) is 0. The first-order valence-electron chi connectivity index (χ1n) is 9.93. The molecule has 3 rings (SSSR count). The summed E-state index contributed by atoms with van der Waals surface area (Å²) >= 11 is 13.4. The summed E-state index contributed by atoms with van der Waals surface area (Å²) in [5, 5.41) is 8.66. The Hall–Kier alpha value is -3.00. The molecule has 0 aliphatic heterocycles. The summed E-state index contributed by atoms with van der Waals surface area (Å²) in [6, 6.07) is 18.8. The minimum Gasteiger partial charge on any atom is -0.326 e. The third kappa shape index (κ3) is 7.25. The average Bonchev–Trinajstić information content (AvgIpc) is 2.74. The summed E-state index contributed by atoms with van der Waals surface area (Å²) in [5.41, 5.74) is 2.18. The lowest BCUT2D eigenvalue weighted by Gasteiger charge is -2.13. The molecule has 0 aromatic heterocycles. The summed E-state index contributed by atoms with van der Waals surface area (Å²) in [6.45, 7) is 3.23. The van der Waals surface area contributed by atoms with E-state index in [1.807, 2.05) is 6.07 Å². The molecule has 0 aliphatic rings. The second-order valence-electron chi connectivity index (χ2n) is 7.11. The molecule has 0 fully saturated rings. The van der Waals surface area contributed by atoms with Crippen LogP contribution in [-0.2, 0) is 9.59 Å². The lowest BCUT2D eigenvalue weighted by atomic mass is 10.2. The molecule has 3 aromatic carbocycles. The van der Waals surface area contributed by atoms with Crippen LogP contribution < -0.4 is 16.0 Å². The van der Waals surface area contributed by atoms with Gasteiger partial charge in [-0.1, -0.05) is 29.3 Å². The first-order valence-corrected chi connectivity index (χ1v) is 11.6. The van der Waals surface area contributed by atoms with Gasteiger partial charge in [-0.05, 0) is 67.6 Å². The fourth-order valence-electron chi connectivity index (χ4n) is 2.86. The van der Waals surface area contributed by atoms with Gasteiger partial charge < -0.3 is 16.0 Å². The lowest BCUT2D eigenvalue weighted by Crippen LogP contribution is -2.22. The fourth-order valence-corrected chi connectivity index (χ4v) is 4.28. The summed E-state index contributed by atoms with van der Waals surface area (Å²) in [6.07, 6.45) is 0. The van der Waals surface area contributed by atoms with Crippen LogP contribution in [0, 0.1) is 0 Å². The quantitative estimate of drug-likeness (QED) is 0.330. The second kappa shape index (κ2) is 11.2. The number of hydrogen-bond donors (Lipinski definition) is 3. The zero-order valence-corrected chi connectivity index (χ0v) is 20.1. The van der Waals surface area contributed by atoms with E-state index in [4.69, 9.17) is 23.2 Å². The normalized spacial score (nSPS) is 11.4. The van der Waals surface area contributed by atoms with Crippen molar-refractivity contribution < 1.29 is 14.4 Å². The fraction of sp³-hybridized carbons (Fsp3) is 0.125. The average molecular weight is 502 g/mol. The van der Waals surface area contributed by atoms with E-state index in [1.165, 1.54) is 24.8 Å². The molecule has 0 saturated heterocycles. The van der Waals surface area contributed by atoms with Gasteiger partial charge in [0, 0.05) is 33.9 Å². The van der Waals surface area contributed by atoms with Crippen LogP contribution in [0.25, 0.3) is 0 Å². The molecule has 0 heterocycles. The van der Waals surface area contributed by atoms with Crippen LogP contribution in [0.5, 0.6) is 0 Å². The van der Waals surface area contributed by atoms with Gasteiger partial charge in [0.2, 0.25) is 11.8 Å². The number of anilines is 3. The van der Waals surface area contributed by atoms with Gasteiger partial charge in [-0.25, -0.2) is 0 Å². The van der Waals surface area contributed by atoms with E-state index in [0.717, 1.165) is 4.90 Å². The van der Waals surface area contributed by atoms with E-state index in [2.05, 4.69) is 16.0 Å². The number of hydrogen-bond acceptors (Lipinski definition) is 4. The third-order valence-corrected chi connectivity index (χ3v) is 6.06. The van der Waals surface area contributed by atoms with E-state index in [0.29, 0.717) is 27.6 Å². The molecule has 1 unspecified atom stereocenters. The van der Waals surface area contributed by atoms with E-state index < -0.39 is 5.25 Å². The smallest absolute Gasteiger partial charge is 0.257 e. The van der Waals surface area contributed by atoms with Crippen molar-refractivity contribution in [3.05, 3.63) is 82.3 Å². The predicted octanol–water partition coefficient (Wildman–Crippen LogP) is 6.32. The molecule has 0 bridgehead atoms. The highest BCUT2D eigenvalue weighted by Gasteiger charge is 2.16. The first-order chi connectivity index (χ1) is 15.7. The molecule has 9 heteroatoms. The van der Waals surface area contributed by atoms with E-state index >= 15 is 0 Å². The van der Waals surface area contributed by atoms with Crippen molar-refractivity contribution in [3.8, 4) is 0 Å². The van der Waals surface area contributed by atoms with Crippen LogP contribution in [0.1, 0.15) is 24.2 Å². The van der Waals surface area contributed by atoms with Gasteiger partial charge in [-0.2, -0.15) is 0 Å². The van der Waals surface area contributed by atoms with Gasteiger partial charge in [0.05, 0.1) is 15.8 Å². The molecule has 0 saturated carbocycles. The molecule has 170 valence electrons. The molecule has 3 amide bonds. The maximum absolute atomic E-state index is 12.6. The summed E-state index contributed by atoms with van der Waals surface area (Å²) in [5.74, 6) is -0.687. The van der Waals surface area contributed by atoms with Crippen LogP contribution in [0.15, 0.2) is 71.6 Å². The van der Waals surface area contributed by atoms with Crippen molar-refractivity contribution >= 4 is 69.7 Å². The van der Waals surface area contributed by atoms with E-state index in [1.54, 1.807) is 61.5 Å². The highest BCUT2D eigenvalue weighted by molar-refractivity contribution is 8.00. The Bertz CT molecular complexity index is 1190. The SMILES string of the molecule is CC(=O)Nc1ccc(NC(=O)C(C)Sc2cccc(NC(=O)c3ccc(Cl)cc3Cl)c2)cc1. The van der Waals surface area contributed by atoms with Crippen LogP contribution in [0.4, 0.5) is 17.1 Å². The second-order valence-corrected chi connectivity index (χ2v) is 9.37. The van der Waals surface area contributed by atoms with Gasteiger partial charge >= 0.3 is 0 Å². The van der Waals surface area contributed by atoms with E-state index in [-0.39, 0.29) is 22.7 Å². The monoisotopic (exact) mass is 501 g/mol. The number of nitrogens with one attached hydrogen (secondary N) is 3. The number of carbonyl (C=O) groups excluding carboxylic acids is 3. The number of rotatable bonds is 7. The Morgan fingerprint density at radius 3 is 2.12 bits per heavy atom. The topological polar surface area (TPSA) is 87.3 Å². The van der Waals surface area contributed by atoms with Crippen LogP contribution in [0.2, 0.25) is 10.0 Å². The summed E-state index contributed by atoms with van der Waals surface area (Å²) < 4.78 is 0. The van der Waals surface area contributed by atoms with Gasteiger partial charge in [-0.15, -0.1) is 11.8 Å². The number of halogens is 2. The van der Waals surface area contributed by atoms with Crippen LogP contribution in [0.3, 0.4) is 0 Å². The van der Waals surface area contributed by atoms with Gasteiger partial charge in [0.15, 0.2) is 0 Å². The predicted molar refractivity (Wildman–Crippen MR) is 136 cm³/mol. The van der Waals surface area contributed by atoms with Crippen LogP contribution in [-0.4, -0.2) is 23.0 Å². The van der Waals surface area contributed by atoms with Gasteiger partial charge in [0.1, 0.15) is 0 Å². The standard InChI is InChI=1S/C24H21Cl2N3O3S/c1-14(23(31)28-18-9-7-17(8-10-18)27-15(2)30)33-20-5-3-4-19(13-20)29-24(32)21-11-6-16(25)12-22(21)26/h3-14H,1-2H3,(H,27,30)(H,28,31)(H,29,32). The van der Waals surface area contributed by atoms with Crippen LogP contribution >= 0.6 is 35.0 Å². The lowest BCUT2D eigenvalue weighted by molar-refractivity contribution is -0.115. The Morgan fingerprint density at radius 2 is 1.48 bits per heavy atom. The minimum absolute atomic E-state index is 0.161. The molecule has 33 heavy (non-hydrogen) atoms. The van der Waals surface area contributed by atoms with Crippen molar-refractivity contribution in [1.29, 1.82) is 0 Å². The van der Waals surface area contributed by atoms with Gasteiger partial charge in [0.25, 0.3) is 5.91 Å². The number of amides is 3. The van der Waals surface area contributed by atoms with Crippen molar-refractivity contribution in [3.63, 3.8) is 0 Å². The highest BCUT2D eigenvalue weighted by atomic mass is 35.5. The minimum atomic E-state index is -0.392. The van der Waals surface area contributed by atoms with Crippen molar-refractivity contribution in [2.75, 3.05) is 16.0 Å². The maximum atomic E-state index is 12.6. The Labute approximate surface area is 206 Å². The van der Waals surface area contributed by atoms with Crippen molar-refractivity contribution in [2.24, 2.45) is 0 Å².